The molecular weight excluding hydrogens is 212 g/mol. The second-order valence-electron chi connectivity index (χ2n) is 4.58. The van der Waals surface area contributed by atoms with Crippen LogP contribution in [0.5, 0.6) is 0 Å². The zero-order chi connectivity index (χ0) is 11.8. The van der Waals surface area contributed by atoms with E-state index in [1.165, 1.54) is 0 Å². The normalized spacial score (nSPS) is 19.6. The lowest BCUT2D eigenvalue weighted by atomic mass is 10.1. The summed E-state index contributed by atoms with van der Waals surface area (Å²) in [6, 6.07) is 6.27. The van der Waals surface area contributed by atoms with Crippen LogP contribution in [0.1, 0.15) is 29.4 Å². The minimum Gasteiger partial charge on any atom is -0.316 e. The van der Waals surface area contributed by atoms with Crippen molar-refractivity contribution < 1.29 is 0 Å². The Balaban J connectivity index is 2.22. The predicted molar refractivity (Wildman–Crippen MR) is 64.9 cm³/mol. The molecule has 3 rings (SSSR count). The summed E-state index contributed by atoms with van der Waals surface area (Å²) in [7, 11) is 0. The number of nitriles is 1. The van der Waals surface area contributed by atoms with E-state index in [1.807, 2.05) is 19.2 Å². The average Bonchev–Trinajstić information content (AvgIpc) is 2.94. The highest BCUT2D eigenvalue weighted by atomic mass is 15.0. The van der Waals surface area contributed by atoms with Crippen molar-refractivity contribution in [1.82, 2.24) is 14.7 Å². The van der Waals surface area contributed by atoms with Crippen molar-refractivity contribution in [3.05, 3.63) is 35.4 Å². The van der Waals surface area contributed by atoms with Crippen molar-refractivity contribution >= 4 is 5.52 Å². The summed E-state index contributed by atoms with van der Waals surface area (Å²) < 4.78 is 2.06. The van der Waals surface area contributed by atoms with E-state index in [-0.39, 0.29) is 0 Å². The van der Waals surface area contributed by atoms with Gasteiger partial charge in [-0.25, -0.2) is 4.98 Å². The van der Waals surface area contributed by atoms with Crippen molar-refractivity contribution in [1.29, 1.82) is 5.26 Å². The molecule has 0 amide bonds. The number of hydrogen-bond acceptors (Lipinski definition) is 3. The number of nitrogens with zero attached hydrogens (tertiary/aromatic N) is 3. The van der Waals surface area contributed by atoms with Crippen molar-refractivity contribution in [2.75, 3.05) is 13.1 Å². The number of fused-ring (bicyclic) bond motifs is 1. The fourth-order valence-corrected chi connectivity index (χ4v) is 2.46. The van der Waals surface area contributed by atoms with E-state index in [9.17, 15) is 0 Å². The molecule has 1 saturated heterocycles. The first-order chi connectivity index (χ1) is 8.29. The van der Waals surface area contributed by atoms with Crippen LogP contribution in [0.15, 0.2) is 18.3 Å². The molecule has 0 saturated carbocycles. The molecule has 0 aliphatic carbocycles. The first-order valence-electron chi connectivity index (χ1n) is 5.89. The third kappa shape index (κ3) is 1.60. The standard InChI is InChI=1S/C13H14N4/c1-9-3-5-17-12(6-9)11(7-14)16-13(17)10-2-4-15-8-10/h3,5-6,10,15H,2,4,8H2,1H3. The molecule has 1 aliphatic heterocycles. The molecule has 0 radical (unpaired) electrons. The second-order valence-corrected chi connectivity index (χ2v) is 4.58. The lowest BCUT2D eigenvalue weighted by Crippen LogP contribution is -2.10. The molecule has 2 aromatic rings. The van der Waals surface area contributed by atoms with E-state index in [0.717, 1.165) is 36.4 Å². The molecule has 0 spiro atoms. The molecule has 2 aromatic heterocycles. The van der Waals surface area contributed by atoms with Crippen molar-refractivity contribution in [3.8, 4) is 6.07 Å². The van der Waals surface area contributed by atoms with Gasteiger partial charge in [0.15, 0.2) is 5.69 Å². The van der Waals surface area contributed by atoms with Gasteiger partial charge in [-0.1, -0.05) is 0 Å². The molecular formula is C13H14N4. The molecule has 3 heterocycles. The molecule has 1 N–H and O–H groups in total. The monoisotopic (exact) mass is 226 g/mol. The number of hydrogen-bond donors (Lipinski definition) is 1. The van der Waals surface area contributed by atoms with Gasteiger partial charge in [-0.2, -0.15) is 5.26 Å². The van der Waals surface area contributed by atoms with Crippen LogP contribution in [0.4, 0.5) is 0 Å². The number of aromatic nitrogens is 2. The predicted octanol–water partition coefficient (Wildman–Crippen LogP) is 1.59. The minimum absolute atomic E-state index is 0.423. The molecule has 0 aromatic carbocycles. The van der Waals surface area contributed by atoms with Gasteiger partial charge in [-0.05, 0) is 37.6 Å². The van der Waals surface area contributed by atoms with E-state index < -0.39 is 0 Å². The van der Waals surface area contributed by atoms with Crippen LogP contribution in [-0.2, 0) is 0 Å². The van der Waals surface area contributed by atoms with E-state index in [1.54, 1.807) is 0 Å². The summed E-state index contributed by atoms with van der Waals surface area (Å²) in [6.45, 7) is 4.02. The zero-order valence-electron chi connectivity index (χ0n) is 9.77. The van der Waals surface area contributed by atoms with E-state index >= 15 is 0 Å². The summed E-state index contributed by atoms with van der Waals surface area (Å²) in [5.74, 6) is 1.44. The Morgan fingerprint density at radius 1 is 1.59 bits per heavy atom. The van der Waals surface area contributed by atoms with Gasteiger partial charge < -0.3 is 9.72 Å². The molecule has 17 heavy (non-hydrogen) atoms. The number of rotatable bonds is 1. The first-order valence-corrected chi connectivity index (χ1v) is 5.89. The van der Waals surface area contributed by atoms with Gasteiger partial charge in [0.2, 0.25) is 0 Å². The Labute approximate surface area is 99.9 Å². The van der Waals surface area contributed by atoms with Crippen LogP contribution in [0, 0.1) is 18.3 Å². The number of aryl methyl sites for hydroxylation is 1. The maximum atomic E-state index is 9.14. The largest absolute Gasteiger partial charge is 0.316 e. The molecule has 1 unspecified atom stereocenters. The lowest BCUT2D eigenvalue weighted by molar-refractivity contribution is 0.698. The zero-order valence-corrected chi connectivity index (χ0v) is 9.77. The number of pyridine rings is 1. The smallest absolute Gasteiger partial charge is 0.166 e. The Kier molecular flexibility index (Phi) is 2.34. The van der Waals surface area contributed by atoms with Gasteiger partial charge in [-0.15, -0.1) is 0 Å². The summed E-state index contributed by atoms with van der Waals surface area (Å²) in [6.07, 6.45) is 3.12. The lowest BCUT2D eigenvalue weighted by Gasteiger charge is -2.07. The average molecular weight is 226 g/mol. The second kappa shape index (κ2) is 3.86. The number of imidazole rings is 1. The van der Waals surface area contributed by atoms with Gasteiger partial charge in [0, 0.05) is 18.7 Å². The van der Waals surface area contributed by atoms with E-state index in [4.69, 9.17) is 5.26 Å². The minimum atomic E-state index is 0.423. The quantitative estimate of drug-likeness (QED) is 0.803. The molecule has 86 valence electrons. The van der Waals surface area contributed by atoms with Gasteiger partial charge in [-0.3, -0.25) is 0 Å². The van der Waals surface area contributed by atoms with Gasteiger partial charge in [0.1, 0.15) is 11.9 Å². The Morgan fingerprint density at radius 2 is 2.47 bits per heavy atom. The summed E-state index contributed by atoms with van der Waals surface area (Å²) in [4.78, 5) is 4.49. The topological polar surface area (TPSA) is 53.1 Å². The Hall–Kier alpha value is -1.86. The highest BCUT2D eigenvalue weighted by Gasteiger charge is 2.22. The van der Waals surface area contributed by atoms with Crippen LogP contribution < -0.4 is 5.32 Å². The molecule has 1 aliphatic rings. The SMILES string of the molecule is Cc1ccn2c(C3CCNC3)nc(C#N)c2c1. The highest BCUT2D eigenvalue weighted by molar-refractivity contribution is 5.60. The molecule has 4 heteroatoms. The van der Waals surface area contributed by atoms with Gasteiger partial charge in [0.25, 0.3) is 0 Å². The highest BCUT2D eigenvalue weighted by Crippen LogP contribution is 2.24. The molecule has 0 bridgehead atoms. The Morgan fingerprint density at radius 3 is 3.18 bits per heavy atom. The maximum absolute atomic E-state index is 9.14. The molecule has 1 atom stereocenters. The van der Waals surface area contributed by atoms with E-state index in [0.29, 0.717) is 11.6 Å². The maximum Gasteiger partial charge on any atom is 0.166 e. The summed E-state index contributed by atoms with van der Waals surface area (Å²) >= 11 is 0. The molecule has 4 nitrogen and oxygen atoms in total. The van der Waals surface area contributed by atoms with E-state index in [2.05, 4.69) is 26.8 Å². The number of nitrogens with one attached hydrogen (secondary N) is 1. The fourth-order valence-electron chi connectivity index (χ4n) is 2.46. The fraction of sp³-hybridized carbons (Fsp3) is 0.385. The van der Waals surface area contributed by atoms with Crippen LogP contribution in [0.3, 0.4) is 0 Å². The third-order valence-electron chi connectivity index (χ3n) is 3.36. The summed E-state index contributed by atoms with van der Waals surface area (Å²) in [5, 5.41) is 12.5. The van der Waals surface area contributed by atoms with Crippen LogP contribution in [0.2, 0.25) is 0 Å². The van der Waals surface area contributed by atoms with Crippen molar-refractivity contribution in [3.63, 3.8) is 0 Å². The van der Waals surface area contributed by atoms with Crippen LogP contribution >= 0.6 is 0 Å². The van der Waals surface area contributed by atoms with Gasteiger partial charge >= 0.3 is 0 Å². The van der Waals surface area contributed by atoms with Crippen molar-refractivity contribution in [2.24, 2.45) is 0 Å². The Bertz CT molecular complexity index is 600. The van der Waals surface area contributed by atoms with Gasteiger partial charge in [0.05, 0.1) is 5.52 Å². The van der Waals surface area contributed by atoms with Crippen molar-refractivity contribution in [2.45, 2.75) is 19.3 Å². The van der Waals surface area contributed by atoms with Crippen LogP contribution in [-0.4, -0.2) is 22.5 Å². The first kappa shape index (κ1) is 10.3. The molecule has 1 fully saturated rings. The summed E-state index contributed by atoms with van der Waals surface area (Å²) in [5.41, 5.74) is 2.62. The van der Waals surface area contributed by atoms with Crippen LogP contribution in [0.25, 0.3) is 5.52 Å². The third-order valence-corrected chi connectivity index (χ3v) is 3.36.